The van der Waals surface area contributed by atoms with Crippen molar-refractivity contribution in [3.63, 3.8) is 0 Å². The molecule has 1 rings (SSSR count). The van der Waals surface area contributed by atoms with Crippen LogP contribution in [0.4, 0.5) is 0 Å². The van der Waals surface area contributed by atoms with Crippen LogP contribution in [-0.2, 0) is 9.59 Å². The highest BCUT2D eigenvalue weighted by molar-refractivity contribution is 7.98. The summed E-state index contributed by atoms with van der Waals surface area (Å²) < 4.78 is 0. The van der Waals surface area contributed by atoms with Crippen LogP contribution in [-0.4, -0.2) is 47.5 Å². The van der Waals surface area contributed by atoms with E-state index in [9.17, 15) is 9.59 Å². The van der Waals surface area contributed by atoms with Gasteiger partial charge in [0.25, 0.3) is 0 Å². The third-order valence-corrected chi connectivity index (χ3v) is 3.66. The first-order chi connectivity index (χ1) is 8.07. The zero-order chi connectivity index (χ0) is 12.8. The molecule has 1 amide bonds. The second-order valence-electron chi connectivity index (χ2n) is 4.25. The molecule has 96 valence electrons. The Morgan fingerprint density at radius 1 is 1.35 bits per heavy atom. The van der Waals surface area contributed by atoms with Gasteiger partial charge in [0.2, 0.25) is 5.91 Å². The Balaban J connectivity index is 2.65. The second kappa shape index (κ2) is 6.69. The van der Waals surface area contributed by atoms with Crippen molar-refractivity contribution in [2.75, 3.05) is 25.6 Å². The van der Waals surface area contributed by atoms with E-state index in [4.69, 9.17) is 5.11 Å². The van der Waals surface area contributed by atoms with E-state index in [1.54, 1.807) is 23.7 Å². The molecule has 0 aliphatic heterocycles. The molecule has 0 aromatic carbocycles. The summed E-state index contributed by atoms with van der Waals surface area (Å²) >= 11 is 1.68. The number of carboxylic acids is 1. The van der Waals surface area contributed by atoms with Crippen LogP contribution in [0, 0.1) is 11.8 Å². The van der Waals surface area contributed by atoms with Crippen LogP contribution in [0.2, 0.25) is 0 Å². The fraction of sp³-hybridized carbons (Fsp3) is 0.667. The largest absolute Gasteiger partial charge is 0.481 e. The molecule has 0 heterocycles. The van der Waals surface area contributed by atoms with E-state index in [1.807, 2.05) is 18.4 Å². The number of nitrogens with zero attached hydrogens (tertiary/aromatic N) is 1. The first-order valence-corrected chi connectivity index (χ1v) is 7.09. The molecule has 4 nitrogen and oxygen atoms in total. The number of aliphatic carboxylic acids is 1. The van der Waals surface area contributed by atoms with E-state index in [2.05, 4.69) is 0 Å². The predicted octanol–water partition coefficient (Wildman–Crippen LogP) is 1.47. The lowest BCUT2D eigenvalue weighted by Gasteiger charge is -2.28. The lowest BCUT2D eigenvalue weighted by Crippen LogP contribution is -2.40. The average molecular weight is 257 g/mol. The number of hydrogen-bond donors (Lipinski definition) is 1. The molecule has 5 heteroatoms. The van der Waals surface area contributed by atoms with Crippen LogP contribution in [0.5, 0.6) is 0 Å². The van der Waals surface area contributed by atoms with Crippen molar-refractivity contribution < 1.29 is 14.7 Å². The quantitative estimate of drug-likeness (QED) is 0.758. The molecule has 2 atom stereocenters. The maximum Gasteiger partial charge on any atom is 0.307 e. The van der Waals surface area contributed by atoms with Crippen LogP contribution in [0.1, 0.15) is 12.8 Å². The lowest BCUT2D eigenvalue weighted by molar-refractivity contribution is -0.150. The van der Waals surface area contributed by atoms with E-state index in [0.29, 0.717) is 19.4 Å². The van der Waals surface area contributed by atoms with Crippen molar-refractivity contribution in [1.82, 2.24) is 4.90 Å². The van der Waals surface area contributed by atoms with E-state index in [0.717, 1.165) is 5.75 Å². The van der Waals surface area contributed by atoms with Crippen LogP contribution >= 0.6 is 11.8 Å². The monoisotopic (exact) mass is 257 g/mol. The van der Waals surface area contributed by atoms with Gasteiger partial charge in [0.05, 0.1) is 11.8 Å². The Morgan fingerprint density at radius 2 is 1.94 bits per heavy atom. The molecule has 0 saturated carbocycles. The van der Waals surface area contributed by atoms with Crippen LogP contribution in [0.25, 0.3) is 0 Å². The normalized spacial score (nSPS) is 23.4. The molecule has 1 N–H and O–H groups in total. The fourth-order valence-electron chi connectivity index (χ4n) is 1.98. The minimum absolute atomic E-state index is 0.0456. The molecular weight excluding hydrogens is 238 g/mol. The smallest absolute Gasteiger partial charge is 0.307 e. The maximum absolute atomic E-state index is 12.1. The summed E-state index contributed by atoms with van der Waals surface area (Å²) in [6, 6.07) is 0. The molecule has 1 aliphatic rings. The lowest BCUT2D eigenvalue weighted by atomic mass is 9.82. The van der Waals surface area contributed by atoms with Crippen LogP contribution < -0.4 is 0 Å². The number of hydrogen-bond acceptors (Lipinski definition) is 3. The Bertz CT molecular complexity index is 317. The van der Waals surface area contributed by atoms with Crippen molar-refractivity contribution >= 4 is 23.6 Å². The maximum atomic E-state index is 12.1. The Morgan fingerprint density at radius 3 is 2.47 bits per heavy atom. The average Bonchev–Trinajstić information content (AvgIpc) is 2.34. The number of carboxylic acid groups (broad SMARTS) is 1. The van der Waals surface area contributed by atoms with Crippen molar-refractivity contribution in [3.8, 4) is 0 Å². The number of rotatable bonds is 5. The number of thioether (sulfide) groups is 1. The van der Waals surface area contributed by atoms with Gasteiger partial charge in [-0.25, -0.2) is 0 Å². The Hall–Kier alpha value is -0.970. The zero-order valence-corrected chi connectivity index (χ0v) is 11.1. The third kappa shape index (κ3) is 3.77. The zero-order valence-electron chi connectivity index (χ0n) is 10.3. The summed E-state index contributed by atoms with van der Waals surface area (Å²) in [5, 5.41) is 9.11. The van der Waals surface area contributed by atoms with E-state index < -0.39 is 17.8 Å². The van der Waals surface area contributed by atoms with Crippen LogP contribution in [0.3, 0.4) is 0 Å². The summed E-state index contributed by atoms with van der Waals surface area (Å²) in [5.74, 6) is -1.00. The standard InChI is InChI=1S/C12H19NO3S/c1-13(7-8-17-2)11(14)9-5-3-4-6-10(9)12(15)16/h3-4,9-10H,5-8H2,1-2H3,(H,15,16). The molecule has 0 aromatic rings. The fourth-order valence-corrected chi connectivity index (χ4v) is 2.44. The second-order valence-corrected chi connectivity index (χ2v) is 5.23. The Kier molecular flexibility index (Phi) is 5.55. The van der Waals surface area contributed by atoms with Crippen molar-refractivity contribution in [2.45, 2.75) is 12.8 Å². The number of carbonyl (C=O) groups is 2. The van der Waals surface area contributed by atoms with Crippen molar-refractivity contribution in [3.05, 3.63) is 12.2 Å². The molecule has 0 saturated heterocycles. The summed E-state index contributed by atoms with van der Waals surface area (Å²) in [6.45, 7) is 0.673. The number of allylic oxidation sites excluding steroid dienone is 2. The van der Waals surface area contributed by atoms with E-state index >= 15 is 0 Å². The van der Waals surface area contributed by atoms with Gasteiger partial charge in [-0.1, -0.05) is 12.2 Å². The Labute approximate surface area is 106 Å². The van der Waals surface area contributed by atoms with Gasteiger partial charge in [-0.05, 0) is 19.1 Å². The minimum atomic E-state index is -0.869. The highest BCUT2D eigenvalue weighted by Crippen LogP contribution is 2.27. The topological polar surface area (TPSA) is 57.6 Å². The first-order valence-electron chi connectivity index (χ1n) is 5.69. The highest BCUT2D eigenvalue weighted by Gasteiger charge is 2.35. The molecular formula is C12H19NO3S. The van der Waals surface area contributed by atoms with Crippen LogP contribution in [0.15, 0.2) is 12.2 Å². The number of carbonyl (C=O) groups excluding carboxylic acids is 1. The summed E-state index contributed by atoms with van der Waals surface area (Å²) in [7, 11) is 1.75. The predicted molar refractivity (Wildman–Crippen MR) is 69.0 cm³/mol. The van der Waals surface area contributed by atoms with Crippen molar-refractivity contribution in [1.29, 1.82) is 0 Å². The van der Waals surface area contributed by atoms with Gasteiger partial charge in [-0.3, -0.25) is 9.59 Å². The van der Waals surface area contributed by atoms with Gasteiger partial charge in [0.15, 0.2) is 0 Å². The van der Waals surface area contributed by atoms with Gasteiger partial charge in [0.1, 0.15) is 0 Å². The van der Waals surface area contributed by atoms with E-state index in [1.165, 1.54) is 0 Å². The van der Waals surface area contributed by atoms with Crippen molar-refractivity contribution in [2.24, 2.45) is 11.8 Å². The molecule has 17 heavy (non-hydrogen) atoms. The van der Waals surface area contributed by atoms with Gasteiger partial charge in [0, 0.05) is 19.3 Å². The summed E-state index contributed by atoms with van der Waals surface area (Å²) in [5.41, 5.74) is 0. The molecule has 2 unspecified atom stereocenters. The first kappa shape index (κ1) is 14.1. The third-order valence-electron chi connectivity index (χ3n) is 3.07. The molecule has 1 aliphatic carbocycles. The molecule has 0 spiro atoms. The molecule has 0 aromatic heterocycles. The van der Waals surface area contributed by atoms with E-state index in [-0.39, 0.29) is 5.91 Å². The SMILES string of the molecule is CSCCN(C)C(=O)C1CC=CCC1C(=O)O. The summed E-state index contributed by atoms with van der Waals surface area (Å²) in [6.07, 6.45) is 6.75. The molecule has 0 fully saturated rings. The molecule has 0 bridgehead atoms. The number of amides is 1. The highest BCUT2D eigenvalue weighted by atomic mass is 32.2. The van der Waals surface area contributed by atoms with Gasteiger partial charge >= 0.3 is 5.97 Å². The minimum Gasteiger partial charge on any atom is -0.481 e. The molecule has 0 radical (unpaired) electrons. The van der Waals surface area contributed by atoms with Gasteiger partial charge in [-0.15, -0.1) is 0 Å². The van der Waals surface area contributed by atoms with Gasteiger partial charge in [-0.2, -0.15) is 11.8 Å². The van der Waals surface area contributed by atoms with Gasteiger partial charge < -0.3 is 10.0 Å². The summed E-state index contributed by atoms with van der Waals surface area (Å²) in [4.78, 5) is 24.9.